The summed E-state index contributed by atoms with van der Waals surface area (Å²) in [6, 6.07) is 0. The molecule has 5 heteroatoms. The molecule has 0 spiro atoms. The molecule has 2 aromatic heterocycles. The van der Waals surface area contributed by atoms with E-state index < -0.39 is 0 Å². The molecule has 1 N–H and O–H groups in total. The predicted octanol–water partition coefficient (Wildman–Crippen LogP) is 1.92. The van der Waals surface area contributed by atoms with Crippen LogP contribution in [0.1, 0.15) is 23.3 Å². The highest BCUT2D eigenvalue weighted by Crippen LogP contribution is 2.33. The number of nitrogens with one attached hydrogen (secondary N) is 1. The lowest BCUT2D eigenvalue weighted by molar-refractivity contribution is 0.699. The topological polar surface area (TPSA) is 46.9 Å². The largest absolute Gasteiger partial charge is 0.359 e. The zero-order valence-electron chi connectivity index (χ0n) is 10.0. The molecule has 2 aromatic rings. The van der Waals surface area contributed by atoms with Crippen molar-refractivity contribution in [1.82, 2.24) is 9.55 Å². The van der Waals surface area contributed by atoms with Crippen molar-refractivity contribution >= 4 is 27.5 Å². The Bertz CT molecular complexity index is 641. The van der Waals surface area contributed by atoms with E-state index in [4.69, 9.17) is 0 Å². The van der Waals surface area contributed by atoms with Crippen molar-refractivity contribution < 1.29 is 0 Å². The Morgan fingerprint density at radius 2 is 2.12 bits per heavy atom. The summed E-state index contributed by atoms with van der Waals surface area (Å²) >= 11 is 1.69. The molecular formula is C12H15N3OS. The predicted molar refractivity (Wildman–Crippen MR) is 71.0 cm³/mol. The Hall–Kier alpha value is -1.36. The van der Waals surface area contributed by atoms with Crippen molar-refractivity contribution in [2.24, 2.45) is 7.05 Å². The second-order valence-corrected chi connectivity index (χ2v) is 5.52. The highest BCUT2D eigenvalue weighted by atomic mass is 32.1. The van der Waals surface area contributed by atoms with Crippen molar-refractivity contribution in [2.45, 2.75) is 25.7 Å². The monoisotopic (exact) mass is 249 g/mol. The van der Waals surface area contributed by atoms with Crippen LogP contribution in [0.15, 0.2) is 4.79 Å². The number of nitrogens with zero attached hydrogens (tertiary/aromatic N) is 2. The fourth-order valence-electron chi connectivity index (χ4n) is 2.51. The molecule has 0 unspecified atom stereocenters. The molecule has 0 saturated carbocycles. The normalized spacial score (nSPS) is 14.9. The van der Waals surface area contributed by atoms with Gasteiger partial charge in [-0.25, -0.2) is 4.98 Å². The molecule has 0 fully saturated rings. The molecule has 90 valence electrons. The number of aromatic nitrogens is 2. The number of thiophene rings is 1. The summed E-state index contributed by atoms with van der Waals surface area (Å²) < 4.78 is 1.60. The smallest absolute Gasteiger partial charge is 0.263 e. The Morgan fingerprint density at radius 3 is 2.88 bits per heavy atom. The lowest BCUT2D eigenvalue weighted by atomic mass is 9.97. The van der Waals surface area contributed by atoms with E-state index in [0.717, 1.165) is 23.1 Å². The Kier molecular flexibility index (Phi) is 2.43. The van der Waals surface area contributed by atoms with Gasteiger partial charge in [0, 0.05) is 19.0 Å². The minimum atomic E-state index is 0.0822. The first kappa shape index (κ1) is 10.8. The van der Waals surface area contributed by atoms with Crippen LogP contribution in [0.3, 0.4) is 0 Å². The fraction of sp³-hybridized carbons (Fsp3) is 0.500. The third-order valence-corrected chi connectivity index (χ3v) is 4.61. The summed E-state index contributed by atoms with van der Waals surface area (Å²) in [4.78, 5) is 19.1. The molecule has 17 heavy (non-hydrogen) atoms. The van der Waals surface area contributed by atoms with E-state index in [1.165, 1.54) is 23.3 Å². The van der Waals surface area contributed by atoms with Crippen LogP contribution >= 0.6 is 11.3 Å². The average molecular weight is 249 g/mol. The zero-order chi connectivity index (χ0) is 12.0. The van der Waals surface area contributed by atoms with Gasteiger partial charge < -0.3 is 5.32 Å². The van der Waals surface area contributed by atoms with Crippen LogP contribution in [0.2, 0.25) is 0 Å². The van der Waals surface area contributed by atoms with Gasteiger partial charge in [-0.3, -0.25) is 9.36 Å². The minimum Gasteiger partial charge on any atom is -0.359 e. The van der Waals surface area contributed by atoms with Crippen molar-refractivity contribution in [2.75, 3.05) is 12.4 Å². The molecular weight excluding hydrogens is 234 g/mol. The van der Waals surface area contributed by atoms with E-state index in [1.54, 1.807) is 30.0 Å². The summed E-state index contributed by atoms with van der Waals surface area (Å²) in [5.41, 5.74) is 1.34. The lowest BCUT2D eigenvalue weighted by Crippen LogP contribution is -2.21. The van der Waals surface area contributed by atoms with E-state index >= 15 is 0 Å². The molecule has 1 aliphatic rings. The van der Waals surface area contributed by atoms with E-state index in [9.17, 15) is 4.79 Å². The molecule has 0 saturated heterocycles. The van der Waals surface area contributed by atoms with Gasteiger partial charge in [0.2, 0.25) is 5.95 Å². The van der Waals surface area contributed by atoms with Gasteiger partial charge in [0.25, 0.3) is 5.56 Å². The summed E-state index contributed by atoms with van der Waals surface area (Å²) in [5, 5.41) is 3.82. The zero-order valence-corrected chi connectivity index (χ0v) is 10.9. The third kappa shape index (κ3) is 1.49. The Labute approximate surface area is 103 Å². The summed E-state index contributed by atoms with van der Waals surface area (Å²) in [7, 11) is 3.56. The Balaban J connectivity index is 2.39. The number of fused-ring (bicyclic) bond motifs is 3. The molecule has 0 aromatic carbocycles. The van der Waals surface area contributed by atoms with Crippen molar-refractivity contribution in [1.29, 1.82) is 0 Å². The van der Waals surface area contributed by atoms with Crippen LogP contribution in [0.5, 0.6) is 0 Å². The first-order chi connectivity index (χ1) is 8.22. The standard InChI is InChI=1S/C12H15N3OS/c1-13-12-14-10-9(11(16)15(12)2)7-5-3-4-6-8(7)17-10/h3-6H2,1-2H3,(H,13,14). The minimum absolute atomic E-state index is 0.0822. The van der Waals surface area contributed by atoms with Gasteiger partial charge in [0.15, 0.2) is 0 Å². The molecule has 1 aliphatic carbocycles. The van der Waals surface area contributed by atoms with Gasteiger partial charge in [0.1, 0.15) is 4.83 Å². The first-order valence-corrected chi connectivity index (χ1v) is 6.73. The van der Waals surface area contributed by atoms with Gasteiger partial charge in [-0.2, -0.15) is 0 Å². The Morgan fingerprint density at radius 1 is 1.35 bits per heavy atom. The third-order valence-electron chi connectivity index (χ3n) is 3.42. The van der Waals surface area contributed by atoms with Crippen LogP contribution < -0.4 is 10.9 Å². The van der Waals surface area contributed by atoms with Crippen LogP contribution in [0.25, 0.3) is 10.2 Å². The van der Waals surface area contributed by atoms with E-state index in [-0.39, 0.29) is 5.56 Å². The molecule has 0 atom stereocenters. The number of hydrogen-bond acceptors (Lipinski definition) is 4. The fourth-order valence-corrected chi connectivity index (χ4v) is 3.76. The van der Waals surface area contributed by atoms with Crippen molar-refractivity contribution in [3.63, 3.8) is 0 Å². The lowest BCUT2D eigenvalue weighted by Gasteiger charge is -2.10. The average Bonchev–Trinajstić information content (AvgIpc) is 2.72. The maximum atomic E-state index is 12.3. The highest BCUT2D eigenvalue weighted by Gasteiger charge is 2.20. The SMILES string of the molecule is CNc1nc2sc3c(c2c(=O)n1C)CCCC3. The molecule has 4 nitrogen and oxygen atoms in total. The molecule has 0 amide bonds. The summed E-state index contributed by atoms with van der Waals surface area (Å²) in [5.74, 6) is 0.640. The van der Waals surface area contributed by atoms with Gasteiger partial charge in [-0.15, -0.1) is 11.3 Å². The number of aryl methyl sites for hydroxylation is 2. The van der Waals surface area contributed by atoms with E-state index in [0.29, 0.717) is 5.95 Å². The second-order valence-electron chi connectivity index (χ2n) is 4.44. The van der Waals surface area contributed by atoms with Crippen LogP contribution in [0.4, 0.5) is 5.95 Å². The molecule has 2 heterocycles. The van der Waals surface area contributed by atoms with Crippen LogP contribution in [-0.2, 0) is 19.9 Å². The van der Waals surface area contributed by atoms with Gasteiger partial charge in [0.05, 0.1) is 5.39 Å². The van der Waals surface area contributed by atoms with Gasteiger partial charge >= 0.3 is 0 Å². The number of rotatable bonds is 1. The van der Waals surface area contributed by atoms with Crippen LogP contribution in [-0.4, -0.2) is 16.6 Å². The van der Waals surface area contributed by atoms with E-state index in [2.05, 4.69) is 10.3 Å². The van der Waals surface area contributed by atoms with Crippen LogP contribution in [0, 0.1) is 0 Å². The molecule has 3 rings (SSSR count). The maximum absolute atomic E-state index is 12.3. The number of anilines is 1. The van der Waals surface area contributed by atoms with E-state index in [1.807, 2.05) is 0 Å². The summed E-state index contributed by atoms with van der Waals surface area (Å²) in [6.07, 6.45) is 4.56. The number of hydrogen-bond donors (Lipinski definition) is 1. The second kappa shape index (κ2) is 3.84. The molecule has 0 radical (unpaired) electrons. The van der Waals surface area contributed by atoms with Crippen molar-refractivity contribution in [3.05, 3.63) is 20.8 Å². The quantitative estimate of drug-likeness (QED) is 0.840. The molecule has 0 aliphatic heterocycles. The van der Waals surface area contributed by atoms with Gasteiger partial charge in [-0.05, 0) is 31.2 Å². The maximum Gasteiger partial charge on any atom is 0.263 e. The highest BCUT2D eigenvalue weighted by molar-refractivity contribution is 7.18. The molecule has 0 bridgehead atoms. The van der Waals surface area contributed by atoms with Crippen molar-refractivity contribution in [3.8, 4) is 0 Å². The first-order valence-electron chi connectivity index (χ1n) is 5.91. The van der Waals surface area contributed by atoms with Gasteiger partial charge in [-0.1, -0.05) is 0 Å². The summed E-state index contributed by atoms with van der Waals surface area (Å²) in [6.45, 7) is 0.